The maximum Gasteiger partial charge on any atom is 0.318 e. The van der Waals surface area contributed by atoms with Gasteiger partial charge >= 0.3 is 11.4 Å². The van der Waals surface area contributed by atoms with Gasteiger partial charge in [-0.3, -0.25) is 35.1 Å². The summed E-state index contributed by atoms with van der Waals surface area (Å²) in [5.41, 5.74) is 2.03. The molecule has 1 N–H and O–H groups in total. The van der Waals surface area contributed by atoms with Gasteiger partial charge in [0.15, 0.2) is 23.9 Å². The quantitative estimate of drug-likeness (QED) is 0.195. The molecule has 202 valence electrons. The molecule has 0 radical (unpaired) electrons. The molecule has 0 aliphatic heterocycles. The highest BCUT2D eigenvalue weighted by molar-refractivity contribution is 5.83. The first kappa shape index (κ1) is 28.0. The summed E-state index contributed by atoms with van der Waals surface area (Å²) < 4.78 is 16.4. The Hall–Kier alpha value is -5.60. The van der Waals surface area contributed by atoms with Crippen LogP contribution >= 0.6 is 0 Å². The highest BCUT2D eigenvalue weighted by Gasteiger charge is 2.22. The fourth-order valence-corrected chi connectivity index (χ4v) is 3.17. The van der Waals surface area contributed by atoms with Gasteiger partial charge in [-0.05, 0) is 55.3 Å². The number of ether oxygens (including phenoxy) is 3. The second-order valence-electron chi connectivity index (χ2n) is 7.72. The molecular formula is C24H21N5O10. The average Bonchev–Trinajstić information content (AvgIpc) is 2.89. The van der Waals surface area contributed by atoms with Gasteiger partial charge in [0, 0.05) is 12.1 Å². The molecule has 0 spiro atoms. The zero-order valence-corrected chi connectivity index (χ0v) is 20.6. The zero-order chi connectivity index (χ0) is 28.5. The maximum absolute atomic E-state index is 12.1. The van der Waals surface area contributed by atoms with Crippen molar-refractivity contribution in [3.8, 4) is 23.0 Å². The van der Waals surface area contributed by atoms with Crippen molar-refractivity contribution in [2.45, 2.75) is 13.8 Å². The predicted molar refractivity (Wildman–Crippen MR) is 137 cm³/mol. The van der Waals surface area contributed by atoms with Crippen LogP contribution in [0.15, 0.2) is 59.7 Å². The molecule has 0 aliphatic rings. The monoisotopic (exact) mass is 539 g/mol. The Morgan fingerprint density at radius 1 is 0.846 bits per heavy atom. The fourth-order valence-electron chi connectivity index (χ4n) is 3.17. The summed E-state index contributed by atoms with van der Waals surface area (Å²) in [6.07, 6.45) is 1.28. The van der Waals surface area contributed by atoms with Gasteiger partial charge in [0.25, 0.3) is 11.6 Å². The van der Waals surface area contributed by atoms with Gasteiger partial charge < -0.3 is 14.2 Å². The molecule has 15 heteroatoms. The van der Waals surface area contributed by atoms with Crippen LogP contribution in [-0.2, 0) is 4.79 Å². The molecule has 3 rings (SSSR count). The van der Waals surface area contributed by atoms with Crippen LogP contribution in [0.2, 0.25) is 0 Å². The lowest BCUT2D eigenvalue weighted by atomic mass is 10.2. The summed E-state index contributed by atoms with van der Waals surface area (Å²) in [6.45, 7) is 3.09. The fraction of sp³-hybridized carbons (Fsp3) is 0.167. The Bertz CT molecular complexity index is 1460. The smallest absolute Gasteiger partial charge is 0.318 e. The first-order chi connectivity index (χ1) is 18.6. The highest BCUT2D eigenvalue weighted by atomic mass is 16.6. The molecule has 3 aromatic rings. The average molecular weight is 539 g/mol. The minimum atomic E-state index is -0.798. The number of aryl methyl sites for hydroxylation is 1. The molecule has 15 nitrogen and oxygen atoms in total. The number of carbonyl (C=O) groups excluding carboxylic acids is 1. The summed E-state index contributed by atoms with van der Waals surface area (Å²) >= 11 is 0. The third-order valence-electron chi connectivity index (χ3n) is 4.91. The van der Waals surface area contributed by atoms with E-state index >= 15 is 0 Å². The van der Waals surface area contributed by atoms with Crippen molar-refractivity contribution in [1.29, 1.82) is 0 Å². The van der Waals surface area contributed by atoms with Crippen LogP contribution in [0.25, 0.3) is 0 Å². The Labute approximate surface area is 220 Å². The zero-order valence-electron chi connectivity index (χ0n) is 20.6. The second kappa shape index (κ2) is 12.6. The minimum absolute atomic E-state index is 0.0602. The van der Waals surface area contributed by atoms with E-state index in [1.165, 1.54) is 36.5 Å². The van der Waals surface area contributed by atoms with Crippen molar-refractivity contribution in [3.63, 3.8) is 0 Å². The van der Waals surface area contributed by atoms with Gasteiger partial charge in [0.05, 0.1) is 33.7 Å². The van der Waals surface area contributed by atoms with E-state index in [4.69, 9.17) is 14.2 Å². The third kappa shape index (κ3) is 7.45. The molecule has 0 saturated carbocycles. The highest BCUT2D eigenvalue weighted by Crippen LogP contribution is 2.38. The number of amides is 1. The van der Waals surface area contributed by atoms with Gasteiger partial charge in [-0.15, -0.1) is 0 Å². The Kier molecular flexibility index (Phi) is 9.02. The van der Waals surface area contributed by atoms with Crippen LogP contribution in [0.1, 0.15) is 18.1 Å². The van der Waals surface area contributed by atoms with Crippen LogP contribution in [0.4, 0.5) is 17.1 Å². The summed E-state index contributed by atoms with van der Waals surface area (Å²) in [5, 5.41) is 37.3. The predicted octanol–water partition coefficient (Wildman–Crippen LogP) is 4.44. The van der Waals surface area contributed by atoms with Crippen molar-refractivity contribution in [2.24, 2.45) is 5.10 Å². The maximum atomic E-state index is 12.1. The van der Waals surface area contributed by atoms with E-state index in [-0.39, 0.29) is 35.3 Å². The minimum Gasteiger partial charge on any atom is -0.490 e. The number of nitro groups is 3. The van der Waals surface area contributed by atoms with Crippen molar-refractivity contribution in [2.75, 3.05) is 13.2 Å². The normalized spacial score (nSPS) is 10.6. The van der Waals surface area contributed by atoms with E-state index in [0.717, 1.165) is 18.2 Å². The number of hydrogen-bond acceptors (Lipinski definition) is 11. The summed E-state index contributed by atoms with van der Waals surface area (Å²) in [6, 6.07) is 11.8. The second-order valence-corrected chi connectivity index (χ2v) is 7.72. The van der Waals surface area contributed by atoms with E-state index in [1.54, 1.807) is 19.9 Å². The van der Waals surface area contributed by atoms with Gasteiger partial charge in [-0.2, -0.15) is 5.10 Å². The number of nitrogens with zero attached hydrogens (tertiary/aromatic N) is 4. The lowest BCUT2D eigenvalue weighted by Gasteiger charge is -2.12. The van der Waals surface area contributed by atoms with Crippen LogP contribution in [0.5, 0.6) is 23.0 Å². The molecule has 39 heavy (non-hydrogen) atoms. The largest absolute Gasteiger partial charge is 0.490 e. The van der Waals surface area contributed by atoms with Crippen molar-refractivity contribution in [3.05, 3.63) is 96.1 Å². The number of nitro benzene ring substituents is 3. The molecule has 1 amide bonds. The van der Waals surface area contributed by atoms with E-state index in [0.29, 0.717) is 11.1 Å². The lowest BCUT2D eigenvalue weighted by Crippen LogP contribution is -2.24. The number of rotatable bonds is 12. The molecule has 0 aliphatic carbocycles. The van der Waals surface area contributed by atoms with Gasteiger partial charge in [0.1, 0.15) is 0 Å². The van der Waals surface area contributed by atoms with E-state index < -0.39 is 38.7 Å². The first-order valence-electron chi connectivity index (χ1n) is 11.2. The number of non-ortho nitro benzene ring substituents is 1. The van der Waals surface area contributed by atoms with Gasteiger partial charge in [0.2, 0.25) is 5.75 Å². The van der Waals surface area contributed by atoms with Crippen LogP contribution in [0.3, 0.4) is 0 Å². The first-order valence-corrected chi connectivity index (χ1v) is 11.2. The molecular weight excluding hydrogens is 518 g/mol. The molecule has 3 aromatic carbocycles. The molecule has 0 saturated heterocycles. The SMILES string of the molecule is CCOc1cc(/C=N/NC(=O)COc2ccc(C)cc2[N+](=O)[O-])ccc1Oc1ccc([N+](=O)[O-])cc1[N+](=O)[O-]. The van der Waals surface area contributed by atoms with Crippen molar-refractivity contribution in [1.82, 2.24) is 5.43 Å². The molecule has 0 atom stereocenters. The number of nitrogens with one attached hydrogen (secondary N) is 1. The molecule has 0 fully saturated rings. The molecule has 0 unspecified atom stereocenters. The Morgan fingerprint density at radius 3 is 2.18 bits per heavy atom. The summed E-state index contributed by atoms with van der Waals surface area (Å²) in [4.78, 5) is 43.4. The summed E-state index contributed by atoms with van der Waals surface area (Å²) in [7, 11) is 0. The van der Waals surface area contributed by atoms with Crippen molar-refractivity contribution < 1.29 is 33.8 Å². The van der Waals surface area contributed by atoms with E-state index in [1.807, 2.05) is 0 Å². The van der Waals surface area contributed by atoms with Crippen LogP contribution in [-0.4, -0.2) is 40.1 Å². The van der Waals surface area contributed by atoms with Crippen LogP contribution in [0, 0.1) is 37.3 Å². The topological polar surface area (TPSA) is 199 Å². The van der Waals surface area contributed by atoms with Gasteiger partial charge in [-0.25, -0.2) is 5.43 Å². The third-order valence-corrected chi connectivity index (χ3v) is 4.91. The van der Waals surface area contributed by atoms with Gasteiger partial charge in [-0.1, -0.05) is 6.07 Å². The number of hydrazone groups is 1. The van der Waals surface area contributed by atoms with Crippen molar-refractivity contribution >= 4 is 29.2 Å². The van der Waals surface area contributed by atoms with E-state index in [2.05, 4.69) is 10.5 Å². The van der Waals surface area contributed by atoms with E-state index in [9.17, 15) is 35.1 Å². The lowest BCUT2D eigenvalue weighted by molar-refractivity contribution is -0.394. The number of carbonyl (C=O) groups is 1. The molecule has 0 aromatic heterocycles. The Morgan fingerprint density at radius 2 is 1.51 bits per heavy atom. The molecule has 0 bridgehead atoms. The Balaban J connectivity index is 1.69. The molecule has 0 heterocycles. The van der Waals surface area contributed by atoms with Crippen LogP contribution < -0.4 is 19.6 Å². The standard InChI is InChI=1S/C24H21N5O10/c1-3-37-23-11-16(5-8-22(23)39-21-9-6-17(27(31)32)12-19(21)29(35)36)13-25-26-24(30)14-38-20-7-4-15(2)10-18(20)28(33)34/h4-13H,3,14H2,1-2H3,(H,26,30)/b25-13+. The summed E-state index contributed by atoms with van der Waals surface area (Å²) in [5.74, 6) is -0.668. The number of hydrogen-bond donors (Lipinski definition) is 1. The number of benzene rings is 3.